The van der Waals surface area contributed by atoms with Crippen LogP contribution in [0.5, 0.6) is 0 Å². The zero-order valence-electron chi connectivity index (χ0n) is 9.51. The summed E-state index contributed by atoms with van der Waals surface area (Å²) in [6.07, 6.45) is -0.441. The quantitative estimate of drug-likeness (QED) is 0.520. The van der Waals surface area contributed by atoms with E-state index in [1.54, 1.807) is 0 Å². The maximum Gasteiger partial charge on any atom is 0.193 e. The molecule has 82 valence electrons. The fraction of sp³-hybridized carbons (Fsp3) is 0.900. The zero-order valence-corrected chi connectivity index (χ0v) is 11.3. The number of nitrogens with zero attached hydrogens (tertiary/aromatic N) is 1. The van der Waals surface area contributed by atoms with Crippen LogP contribution in [0.2, 0.25) is 18.1 Å². The summed E-state index contributed by atoms with van der Waals surface area (Å²) in [5.41, 5.74) is 0. The van der Waals surface area contributed by atoms with Gasteiger partial charge in [0.2, 0.25) is 0 Å². The molecule has 14 heavy (non-hydrogen) atoms. The maximum absolute atomic E-state index is 8.91. The van der Waals surface area contributed by atoms with Crippen LogP contribution >= 0.6 is 11.6 Å². The van der Waals surface area contributed by atoms with Crippen molar-refractivity contribution < 1.29 is 4.43 Å². The zero-order chi connectivity index (χ0) is 11.2. The molecule has 0 aliphatic carbocycles. The molecule has 1 unspecified atom stereocenters. The van der Waals surface area contributed by atoms with E-state index < -0.39 is 14.4 Å². The van der Waals surface area contributed by atoms with Crippen molar-refractivity contribution in [2.45, 2.75) is 57.3 Å². The van der Waals surface area contributed by atoms with E-state index in [1.807, 2.05) is 6.92 Å². The molecule has 0 saturated carbocycles. The van der Waals surface area contributed by atoms with Gasteiger partial charge in [-0.15, -0.1) is 11.6 Å². The van der Waals surface area contributed by atoms with Crippen LogP contribution in [0.15, 0.2) is 0 Å². The Morgan fingerprint density at radius 2 is 1.71 bits per heavy atom. The van der Waals surface area contributed by atoms with Crippen LogP contribution in [0.4, 0.5) is 0 Å². The van der Waals surface area contributed by atoms with E-state index in [2.05, 4.69) is 26.8 Å². The van der Waals surface area contributed by atoms with Crippen molar-refractivity contribution in [3.05, 3.63) is 0 Å². The normalized spacial score (nSPS) is 16.0. The highest BCUT2D eigenvalue weighted by molar-refractivity contribution is 6.73. The van der Waals surface area contributed by atoms with Gasteiger partial charge in [0.15, 0.2) is 8.32 Å². The lowest BCUT2D eigenvalue weighted by Gasteiger charge is -2.31. The van der Waals surface area contributed by atoms with Crippen LogP contribution < -0.4 is 0 Å². The topological polar surface area (TPSA) is 33.0 Å². The van der Waals surface area contributed by atoms with Gasteiger partial charge in [0, 0.05) is 0 Å². The van der Waals surface area contributed by atoms with E-state index in [4.69, 9.17) is 21.3 Å². The summed E-state index contributed by atoms with van der Waals surface area (Å²) in [5.74, 6) is 0. The molecule has 0 aromatic carbocycles. The van der Waals surface area contributed by atoms with Crippen LogP contribution in [0.25, 0.3) is 0 Å². The van der Waals surface area contributed by atoms with Gasteiger partial charge in [0.05, 0.1) is 11.4 Å². The number of hydrogen-bond acceptors (Lipinski definition) is 2. The van der Waals surface area contributed by atoms with Gasteiger partial charge in [-0.25, -0.2) is 0 Å². The lowest BCUT2D eigenvalue weighted by molar-refractivity contribution is 0.238. The summed E-state index contributed by atoms with van der Waals surface area (Å²) in [4.78, 5) is 0. The number of halogens is 1. The first-order valence-corrected chi connectivity index (χ1v) is 8.23. The first kappa shape index (κ1) is 14.0. The Morgan fingerprint density at radius 3 is 1.93 bits per heavy atom. The van der Waals surface area contributed by atoms with E-state index in [1.165, 1.54) is 0 Å². The van der Waals surface area contributed by atoms with E-state index in [-0.39, 0.29) is 5.38 Å². The second-order valence-corrected chi connectivity index (χ2v) is 9.00. The molecular formula is C10H20ClNOSi. The SMILES string of the molecule is CC[Si](CC)(CC)O[C@H](C#N)C(C)Cl. The van der Waals surface area contributed by atoms with Crippen LogP contribution in [0.1, 0.15) is 27.7 Å². The molecule has 4 heteroatoms. The molecule has 0 rings (SSSR count). The fourth-order valence-electron chi connectivity index (χ4n) is 1.49. The van der Waals surface area contributed by atoms with Gasteiger partial charge < -0.3 is 4.43 Å². The predicted octanol–water partition coefficient (Wildman–Crippen LogP) is 3.53. The van der Waals surface area contributed by atoms with Crippen LogP contribution in [-0.2, 0) is 4.43 Å². The third kappa shape index (κ3) is 3.60. The van der Waals surface area contributed by atoms with Gasteiger partial charge in [-0.2, -0.15) is 5.26 Å². The van der Waals surface area contributed by atoms with Crippen LogP contribution in [-0.4, -0.2) is 19.8 Å². The average Bonchev–Trinajstić information content (AvgIpc) is 2.20. The highest BCUT2D eigenvalue weighted by Crippen LogP contribution is 2.25. The fourth-order valence-corrected chi connectivity index (χ4v) is 4.48. The van der Waals surface area contributed by atoms with Crippen molar-refractivity contribution >= 4 is 19.9 Å². The molecule has 0 spiro atoms. The summed E-state index contributed by atoms with van der Waals surface area (Å²) in [5, 5.41) is 8.68. The maximum atomic E-state index is 8.91. The lowest BCUT2D eigenvalue weighted by atomic mass is 10.3. The summed E-state index contributed by atoms with van der Waals surface area (Å²) < 4.78 is 5.94. The monoisotopic (exact) mass is 233 g/mol. The van der Waals surface area contributed by atoms with E-state index in [0.29, 0.717) is 0 Å². The minimum absolute atomic E-state index is 0.225. The lowest BCUT2D eigenvalue weighted by Crippen LogP contribution is -2.41. The van der Waals surface area contributed by atoms with E-state index >= 15 is 0 Å². The molecule has 0 fully saturated rings. The second-order valence-electron chi connectivity index (χ2n) is 3.59. The van der Waals surface area contributed by atoms with Gasteiger partial charge in [0.1, 0.15) is 6.10 Å². The molecule has 2 nitrogen and oxygen atoms in total. The molecule has 0 amide bonds. The minimum Gasteiger partial charge on any atom is -0.400 e. The second kappa shape index (κ2) is 6.44. The van der Waals surface area contributed by atoms with Crippen molar-refractivity contribution in [2.24, 2.45) is 0 Å². The Balaban J connectivity index is 4.50. The van der Waals surface area contributed by atoms with Crippen molar-refractivity contribution in [1.82, 2.24) is 0 Å². The average molecular weight is 234 g/mol. The predicted molar refractivity (Wildman–Crippen MR) is 63.0 cm³/mol. The van der Waals surface area contributed by atoms with Gasteiger partial charge in [-0.1, -0.05) is 20.8 Å². The Labute approximate surface area is 93.3 Å². The Bertz CT molecular complexity index is 191. The Morgan fingerprint density at radius 1 is 1.29 bits per heavy atom. The molecule has 0 saturated heterocycles. The largest absolute Gasteiger partial charge is 0.400 e. The van der Waals surface area contributed by atoms with Crippen LogP contribution in [0, 0.1) is 11.3 Å². The summed E-state index contributed by atoms with van der Waals surface area (Å²) >= 11 is 5.90. The van der Waals surface area contributed by atoms with Crippen LogP contribution in [0.3, 0.4) is 0 Å². The van der Waals surface area contributed by atoms with Gasteiger partial charge in [0.25, 0.3) is 0 Å². The van der Waals surface area contributed by atoms with Gasteiger partial charge in [-0.3, -0.25) is 0 Å². The first-order valence-electron chi connectivity index (χ1n) is 5.26. The summed E-state index contributed by atoms with van der Waals surface area (Å²) in [6.45, 7) is 8.25. The van der Waals surface area contributed by atoms with E-state index in [9.17, 15) is 0 Å². The van der Waals surface area contributed by atoms with Crippen molar-refractivity contribution in [3.8, 4) is 6.07 Å². The molecule has 0 aliphatic heterocycles. The number of rotatable bonds is 6. The number of alkyl halides is 1. The minimum atomic E-state index is -1.67. The van der Waals surface area contributed by atoms with Gasteiger partial charge >= 0.3 is 0 Å². The third-order valence-corrected chi connectivity index (χ3v) is 7.70. The highest BCUT2D eigenvalue weighted by Gasteiger charge is 2.33. The number of hydrogen-bond donors (Lipinski definition) is 0. The molecule has 0 aromatic heterocycles. The highest BCUT2D eigenvalue weighted by atomic mass is 35.5. The van der Waals surface area contributed by atoms with Gasteiger partial charge in [-0.05, 0) is 25.1 Å². The number of nitriles is 1. The molecule has 0 radical (unpaired) electrons. The summed E-state index contributed by atoms with van der Waals surface area (Å²) in [6, 6.07) is 5.31. The molecular weight excluding hydrogens is 214 g/mol. The first-order chi connectivity index (χ1) is 6.55. The summed E-state index contributed by atoms with van der Waals surface area (Å²) in [7, 11) is -1.67. The van der Waals surface area contributed by atoms with Crippen molar-refractivity contribution in [2.75, 3.05) is 0 Å². The van der Waals surface area contributed by atoms with E-state index in [0.717, 1.165) is 18.1 Å². The molecule has 0 aromatic rings. The molecule has 0 N–H and O–H groups in total. The van der Waals surface area contributed by atoms with Crippen molar-refractivity contribution in [3.63, 3.8) is 0 Å². The molecule has 0 aliphatic rings. The third-order valence-electron chi connectivity index (χ3n) is 2.85. The standard InChI is InChI=1S/C10H20ClNOSi/c1-5-14(6-2,7-3)13-10(8-12)9(4)11/h9-10H,5-7H2,1-4H3/t9?,10-/m1/s1. The Hall–Kier alpha value is -0.0431. The molecule has 0 bridgehead atoms. The Kier molecular flexibility index (Phi) is 6.42. The molecule has 0 heterocycles. The van der Waals surface area contributed by atoms with Crippen molar-refractivity contribution in [1.29, 1.82) is 5.26 Å². The molecule has 2 atom stereocenters. The smallest absolute Gasteiger partial charge is 0.193 e.